The summed E-state index contributed by atoms with van der Waals surface area (Å²) in [6, 6.07) is 0. The Morgan fingerprint density at radius 2 is 1.35 bits per heavy atom. The maximum Gasteiger partial charge on any atom is 0.243 e. The zero-order valence-corrected chi connectivity index (χ0v) is 15.4. The third-order valence-electron chi connectivity index (χ3n) is 3.65. The summed E-state index contributed by atoms with van der Waals surface area (Å²) < 4.78 is 4.38. The minimum Gasteiger partial charge on any atom is -1.00 e. The predicted octanol–water partition coefficient (Wildman–Crippen LogP) is 1.15. The highest BCUT2D eigenvalue weighted by Gasteiger charge is 1.99. The van der Waals surface area contributed by atoms with Crippen molar-refractivity contribution in [3.63, 3.8) is 0 Å². The summed E-state index contributed by atoms with van der Waals surface area (Å²) in [5.74, 6) is 1.05. The highest BCUT2D eigenvalue weighted by atomic mass is 79.9. The fourth-order valence-corrected chi connectivity index (χ4v) is 2.68. The Morgan fingerprint density at radius 3 is 1.80 bits per heavy atom. The maximum absolute atomic E-state index is 4.24. The van der Waals surface area contributed by atoms with Crippen molar-refractivity contribution < 1.29 is 21.5 Å². The van der Waals surface area contributed by atoms with Crippen molar-refractivity contribution in [1.82, 2.24) is 4.57 Å². The van der Waals surface area contributed by atoms with Gasteiger partial charge in [-0.05, 0) is 25.0 Å². The van der Waals surface area contributed by atoms with Crippen LogP contribution in [0.15, 0.2) is 18.7 Å². The number of hydrogen-bond donors (Lipinski definition) is 1. The van der Waals surface area contributed by atoms with Crippen LogP contribution in [0.25, 0.3) is 0 Å². The van der Waals surface area contributed by atoms with Crippen molar-refractivity contribution >= 4 is 12.6 Å². The van der Waals surface area contributed by atoms with Crippen LogP contribution in [-0.2, 0) is 13.6 Å². The Bertz CT molecular complexity index is 315. The van der Waals surface area contributed by atoms with Gasteiger partial charge in [-0.15, -0.1) is 0 Å². The fraction of sp³-hybridized carbons (Fsp3) is 0.812. The van der Waals surface area contributed by atoms with E-state index in [9.17, 15) is 0 Å². The van der Waals surface area contributed by atoms with E-state index in [4.69, 9.17) is 0 Å². The number of thiol groups is 1. The van der Waals surface area contributed by atoms with Crippen LogP contribution in [0.2, 0.25) is 0 Å². The second-order valence-electron chi connectivity index (χ2n) is 5.58. The zero-order valence-electron chi connectivity index (χ0n) is 12.9. The SMILES string of the molecule is Cn1cc[n+](CCCCCCCCCCCCS)c1.[Br-]. The molecule has 1 aromatic heterocycles. The molecule has 0 atom stereocenters. The molecule has 1 rings (SSSR count). The van der Waals surface area contributed by atoms with Gasteiger partial charge in [-0.25, -0.2) is 9.13 Å². The van der Waals surface area contributed by atoms with Crippen LogP contribution in [0.1, 0.15) is 64.2 Å². The molecule has 2 nitrogen and oxygen atoms in total. The van der Waals surface area contributed by atoms with Gasteiger partial charge in [-0.1, -0.05) is 44.9 Å². The Kier molecular flexibility index (Phi) is 14.0. The first-order valence-corrected chi connectivity index (χ1v) is 8.58. The lowest BCUT2D eigenvalue weighted by Gasteiger charge is -2.01. The molecule has 0 amide bonds. The van der Waals surface area contributed by atoms with Gasteiger partial charge in [0, 0.05) is 0 Å². The van der Waals surface area contributed by atoms with Crippen LogP contribution in [0.3, 0.4) is 0 Å². The average Bonchev–Trinajstić information content (AvgIpc) is 2.82. The summed E-state index contributed by atoms with van der Waals surface area (Å²) in [5, 5.41) is 0. The molecular weight excluding hydrogens is 332 g/mol. The maximum atomic E-state index is 4.24. The van der Waals surface area contributed by atoms with E-state index in [0.717, 1.165) is 5.75 Å². The van der Waals surface area contributed by atoms with Crippen LogP contribution in [0, 0.1) is 0 Å². The second-order valence-corrected chi connectivity index (χ2v) is 6.02. The first-order valence-electron chi connectivity index (χ1n) is 7.95. The van der Waals surface area contributed by atoms with E-state index in [-0.39, 0.29) is 17.0 Å². The van der Waals surface area contributed by atoms with Crippen molar-refractivity contribution in [3.8, 4) is 0 Å². The first kappa shape index (κ1) is 20.0. The minimum atomic E-state index is 0. The van der Waals surface area contributed by atoms with Gasteiger partial charge in [0.25, 0.3) is 0 Å². The number of imidazole rings is 1. The predicted molar refractivity (Wildman–Crippen MR) is 85.6 cm³/mol. The van der Waals surface area contributed by atoms with E-state index in [1.807, 2.05) is 0 Å². The van der Waals surface area contributed by atoms with E-state index in [0.29, 0.717) is 0 Å². The Hall–Kier alpha value is 0.0400. The molecule has 0 aliphatic rings. The summed E-state index contributed by atoms with van der Waals surface area (Å²) in [6.07, 6.45) is 20.3. The molecule has 0 unspecified atom stereocenters. The van der Waals surface area contributed by atoms with Gasteiger partial charge < -0.3 is 17.0 Å². The standard InChI is InChI=1S/C16H30N2S.BrH/c1-17-13-14-18(16-17)12-10-8-6-4-2-3-5-7-9-11-15-19;/h13-14,16H,2-12,15H2,1H3;1H. The third-order valence-corrected chi connectivity index (χ3v) is 3.96. The lowest BCUT2D eigenvalue weighted by atomic mass is 10.1. The topological polar surface area (TPSA) is 8.81 Å². The summed E-state index contributed by atoms with van der Waals surface area (Å²) in [5.41, 5.74) is 0. The van der Waals surface area contributed by atoms with Crippen LogP contribution in [-0.4, -0.2) is 10.3 Å². The van der Waals surface area contributed by atoms with Gasteiger partial charge in [-0.2, -0.15) is 12.6 Å². The van der Waals surface area contributed by atoms with Crippen LogP contribution in [0.4, 0.5) is 0 Å². The molecule has 0 aliphatic heterocycles. The molecule has 1 aromatic rings. The number of halogens is 1. The van der Waals surface area contributed by atoms with Crippen LogP contribution >= 0.6 is 12.6 Å². The highest BCUT2D eigenvalue weighted by Crippen LogP contribution is 2.10. The molecule has 0 N–H and O–H groups in total. The summed E-state index contributed by atoms with van der Waals surface area (Å²) in [6.45, 7) is 1.17. The monoisotopic (exact) mass is 362 g/mol. The van der Waals surface area contributed by atoms with Crippen molar-refractivity contribution in [2.75, 3.05) is 5.75 Å². The highest BCUT2D eigenvalue weighted by molar-refractivity contribution is 7.80. The third kappa shape index (κ3) is 10.8. The molecule has 20 heavy (non-hydrogen) atoms. The molecule has 0 aromatic carbocycles. The largest absolute Gasteiger partial charge is 1.00 e. The Morgan fingerprint density at radius 1 is 0.850 bits per heavy atom. The number of aromatic nitrogens is 2. The number of unbranched alkanes of at least 4 members (excludes halogenated alkanes) is 9. The van der Waals surface area contributed by atoms with Gasteiger partial charge >= 0.3 is 0 Å². The van der Waals surface area contributed by atoms with Crippen molar-refractivity contribution in [2.24, 2.45) is 7.05 Å². The minimum absolute atomic E-state index is 0. The summed E-state index contributed by atoms with van der Waals surface area (Å²) in [7, 11) is 2.08. The lowest BCUT2D eigenvalue weighted by molar-refractivity contribution is -0.696. The van der Waals surface area contributed by atoms with Crippen LogP contribution in [0.5, 0.6) is 0 Å². The second kappa shape index (κ2) is 14.0. The fourth-order valence-electron chi connectivity index (χ4n) is 2.45. The normalized spacial score (nSPS) is 10.5. The number of hydrogen-bond acceptors (Lipinski definition) is 1. The molecule has 1 heterocycles. The molecule has 0 bridgehead atoms. The molecule has 0 fully saturated rings. The molecule has 4 heteroatoms. The molecular formula is C16H31BrN2S. The van der Waals surface area contributed by atoms with Crippen LogP contribution < -0.4 is 21.5 Å². The van der Waals surface area contributed by atoms with Gasteiger partial charge in [0.1, 0.15) is 12.4 Å². The van der Waals surface area contributed by atoms with Crippen molar-refractivity contribution in [2.45, 2.75) is 70.8 Å². The quantitative estimate of drug-likeness (QED) is 0.324. The average molecular weight is 363 g/mol. The van der Waals surface area contributed by atoms with Gasteiger partial charge in [-0.3, -0.25) is 0 Å². The Labute approximate surface area is 141 Å². The van der Waals surface area contributed by atoms with Gasteiger partial charge in [0.15, 0.2) is 0 Å². The number of aryl methyl sites for hydroxylation is 2. The van der Waals surface area contributed by atoms with Crippen molar-refractivity contribution in [3.05, 3.63) is 18.7 Å². The first-order chi connectivity index (χ1) is 9.33. The summed E-state index contributed by atoms with van der Waals surface area (Å²) >= 11 is 4.24. The van der Waals surface area contributed by atoms with Gasteiger partial charge in [0.05, 0.1) is 13.6 Å². The number of nitrogens with zero attached hydrogens (tertiary/aromatic N) is 2. The smallest absolute Gasteiger partial charge is 0.243 e. The van der Waals surface area contributed by atoms with E-state index >= 15 is 0 Å². The van der Waals surface area contributed by atoms with Gasteiger partial charge in [0.2, 0.25) is 6.33 Å². The van der Waals surface area contributed by atoms with Crippen molar-refractivity contribution in [1.29, 1.82) is 0 Å². The number of rotatable bonds is 12. The molecule has 118 valence electrons. The van der Waals surface area contributed by atoms with E-state index in [2.05, 4.69) is 47.5 Å². The zero-order chi connectivity index (χ0) is 13.8. The Balaban J connectivity index is 0.00000361. The van der Waals surface area contributed by atoms with E-state index in [1.54, 1.807) is 0 Å². The summed E-state index contributed by atoms with van der Waals surface area (Å²) in [4.78, 5) is 0. The van der Waals surface area contributed by atoms with E-state index in [1.165, 1.54) is 70.8 Å². The molecule has 0 spiro atoms. The lowest BCUT2D eigenvalue weighted by Crippen LogP contribution is -3.00. The molecule has 0 aliphatic carbocycles. The molecule has 0 saturated heterocycles. The molecule has 0 saturated carbocycles. The van der Waals surface area contributed by atoms with E-state index < -0.39 is 0 Å². The molecule has 0 radical (unpaired) electrons.